The van der Waals surface area contributed by atoms with Gasteiger partial charge in [0.1, 0.15) is 22.7 Å². The van der Waals surface area contributed by atoms with Crippen molar-refractivity contribution in [1.82, 2.24) is 5.32 Å². The Bertz CT molecular complexity index is 995. The van der Waals surface area contributed by atoms with Crippen molar-refractivity contribution in [1.29, 1.82) is 0 Å². The molecule has 0 saturated carbocycles. The Labute approximate surface area is 221 Å². The highest BCUT2D eigenvalue weighted by Crippen LogP contribution is 2.32. The Kier molecular flexibility index (Phi) is 11.0. The molecule has 0 fully saturated rings. The minimum absolute atomic E-state index is 0.172. The molecule has 0 aliphatic heterocycles. The van der Waals surface area contributed by atoms with E-state index in [2.05, 4.69) is 52.9 Å². The largest absolute Gasteiger partial charge is 0.488 e. The Morgan fingerprint density at radius 1 is 0.943 bits per heavy atom. The van der Waals surface area contributed by atoms with Crippen LogP contribution in [0, 0.1) is 0 Å². The number of benzene rings is 2. The van der Waals surface area contributed by atoms with Gasteiger partial charge >= 0.3 is 0 Å². The van der Waals surface area contributed by atoms with E-state index in [1.165, 1.54) is 6.08 Å². The van der Waals surface area contributed by atoms with Gasteiger partial charge in [0.25, 0.3) is 0 Å². The lowest BCUT2D eigenvalue weighted by Crippen LogP contribution is -2.28. The van der Waals surface area contributed by atoms with Crippen LogP contribution in [0.5, 0.6) is 11.5 Å². The van der Waals surface area contributed by atoms with Crippen molar-refractivity contribution in [2.24, 2.45) is 0 Å². The predicted octanol–water partition coefficient (Wildman–Crippen LogP) is 8.28. The average molecular weight is 521 g/mol. The molecule has 0 spiro atoms. The number of hydrogen-bond acceptors (Lipinski definition) is 3. The Morgan fingerprint density at radius 2 is 1.57 bits per heavy atom. The molecule has 1 amide bonds. The molecule has 4 nitrogen and oxygen atoms in total. The molecule has 2 aromatic carbocycles. The zero-order chi connectivity index (χ0) is 26.1. The van der Waals surface area contributed by atoms with Gasteiger partial charge in [0.15, 0.2) is 0 Å². The maximum Gasteiger partial charge on any atom is 0.244 e. The fourth-order valence-electron chi connectivity index (χ4n) is 3.20. The minimum atomic E-state index is -0.265. The second-order valence-electron chi connectivity index (χ2n) is 9.92. The fourth-order valence-corrected chi connectivity index (χ4v) is 3.72. The number of halogens is 2. The first-order valence-corrected chi connectivity index (χ1v) is 13.1. The average Bonchev–Trinajstić information content (AvgIpc) is 2.79. The third-order valence-corrected chi connectivity index (χ3v) is 6.75. The summed E-state index contributed by atoms with van der Waals surface area (Å²) in [4.78, 5) is 12.2. The molecule has 192 valence electrons. The smallest absolute Gasteiger partial charge is 0.244 e. The monoisotopic (exact) mass is 519 g/mol. The lowest BCUT2D eigenvalue weighted by molar-refractivity contribution is -0.116. The summed E-state index contributed by atoms with van der Waals surface area (Å²) in [6, 6.07) is 11.4. The van der Waals surface area contributed by atoms with Crippen LogP contribution in [0.1, 0.15) is 78.4 Å². The molecule has 0 bridgehead atoms. The Hall–Kier alpha value is -2.17. The Balaban J connectivity index is 1.93. The number of unbranched alkanes of at least 4 members (excludes halogenated alkanes) is 1. The lowest BCUT2D eigenvalue weighted by atomic mass is 10.0. The van der Waals surface area contributed by atoms with Crippen LogP contribution in [0.4, 0.5) is 0 Å². The maximum absolute atomic E-state index is 12.2. The van der Waals surface area contributed by atoms with Crippen molar-refractivity contribution in [2.75, 3.05) is 6.54 Å². The first-order chi connectivity index (χ1) is 16.5. The number of rotatable bonds is 13. The SMILES string of the molecule is CCC(C)(C)Oc1ccc(CCCCNC(=O)C=Cc2c(Cl)cccc2Cl)c(OC(C)(C)CC)c1. The van der Waals surface area contributed by atoms with Crippen molar-refractivity contribution in [2.45, 2.75) is 84.8 Å². The van der Waals surface area contributed by atoms with Crippen molar-refractivity contribution in [3.8, 4) is 11.5 Å². The molecular formula is C29H39Cl2NO3. The molecule has 35 heavy (non-hydrogen) atoms. The summed E-state index contributed by atoms with van der Waals surface area (Å²) in [5.74, 6) is 1.51. The van der Waals surface area contributed by atoms with Gasteiger partial charge in [0, 0.05) is 34.3 Å². The van der Waals surface area contributed by atoms with Crippen LogP contribution in [-0.4, -0.2) is 23.7 Å². The van der Waals surface area contributed by atoms with E-state index in [0.29, 0.717) is 22.2 Å². The topological polar surface area (TPSA) is 47.6 Å². The molecule has 0 aliphatic carbocycles. The summed E-state index contributed by atoms with van der Waals surface area (Å²) in [5, 5.41) is 3.95. The molecule has 2 aromatic rings. The normalized spacial score (nSPS) is 12.1. The third-order valence-electron chi connectivity index (χ3n) is 6.10. The van der Waals surface area contributed by atoms with Crippen LogP contribution in [-0.2, 0) is 11.2 Å². The van der Waals surface area contributed by atoms with Crippen LogP contribution in [0.2, 0.25) is 10.0 Å². The number of ether oxygens (including phenoxy) is 2. The first kappa shape index (κ1) is 29.1. The summed E-state index contributed by atoms with van der Waals surface area (Å²) in [6.45, 7) is 13.2. The van der Waals surface area contributed by atoms with Crippen LogP contribution in [0.25, 0.3) is 6.08 Å². The summed E-state index contributed by atoms with van der Waals surface area (Å²) in [5.41, 5.74) is 1.29. The summed E-state index contributed by atoms with van der Waals surface area (Å²) in [7, 11) is 0. The van der Waals surface area contributed by atoms with Gasteiger partial charge in [-0.3, -0.25) is 4.79 Å². The van der Waals surface area contributed by atoms with Gasteiger partial charge in [-0.15, -0.1) is 0 Å². The first-order valence-electron chi connectivity index (χ1n) is 12.4. The zero-order valence-corrected chi connectivity index (χ0v) is 23.4. The van der Waals surface area contributed by atoms with E-state index in [-0.39, 0.29) is 17.1 Å². The van der Waals surface area contributed by atoms with Gasteiger partial charge in [-0.1, -0.05) is 49.2 Å². The van der Waals surface area contributed by atoms with Gasteiger partial charge in [-0.05, 0) is 89.6 Å². The van der Waals surface area contributed by atoms with E-state index in [1.54, 1.807) is 24.3 Å². The standard InChI is InChI=1S/C29H39Cl2NO3/c1-7-28(3,4)34-22-16-15-21(26(20-22)35-29(5,6)8-2)12-9-10-19-32-27(33)18-17-23-24(30)13-11-14-25(23)31/h11,13-18,20H,7-10,12,19H2,1-6H3,(H,32,33). The van der Waals surface area contributed by atoms with E-state index >= 15 is 0 Å². The number of nitrogens with one attached hydrogen (secondary N) is 1. The predicted molar refractivity (Wildman–Crippen MR) is 148 cm³/mol. The molecule has 2 rings (SSSR count). The van der Waals surface area contributed by atoms with Crippen LogP contribution < -0.4 is 14.8 Å². The van der Waals surface area contributed by atoms with Crippen LogP contribution in [0.3, 0.4) is 0 Å². The number of amides is 1. The lowest BCUT2D eigenvalue weighted by Gasteiger charge is -2.29. The maximum atomic E-state index is 12.2. The van der Waals surface area contributed by atoms with Crippen molar-refractivity contribution >= 4 is 35.2 Å². The molecular weight excluding hydrogens is 481 g/mol. The summed E-state index contributed by atoms with van der Waals surface area (Å²) >= 11 is 12.3. The second kappa shape index (κ2) is 13.2. The molecule has 0 atom stereocenters. The molecule has 0 aliphatic rings. The van der Waals surface area contributed by atoms with E-state index in [1.807, 2.05) is 12.1 Å². The highest BCUT2D eigenvalue weighted by molar-refractivity contribution is 6.37. The van der Waals surface area contributed by atoms with Crippen LogP contribution >= 0.6 is 23.2 Å². The van der Waals surface area contributed by atoms with E-state index in [0.717, 1.165) is 49.2 Å². The Morgan fingerprint density at radius 3 is 2.20 bits per heavy atom. The number of hydrogen-bond donors (Lipinski definition) is 1. The molecule has 0 aromatic heterocycles. The molecule has 0 heterocycles. The quantitative estimate of drug-likeness (QED) is 0.214. The van der Waals surface area contributed by atoms with Crippen molar-refractivity contribution in [3.63, 3.8) is 0 Å². The summed E-state index contributed by atoms with van der Waals surface area (Å²) < 4.78 is 12.6. The van der Waals surface area contributed by atoms with Gasteiger partial charge < -0.3 is 14.8 Å². The second-order valence-corrected chi connectivity index (χ2v) is 10.7. The van der Waals surface area contributed by atoms with Gasteiger partial charge in [0.05, 0.1) is 0 Å². The minimum Gasteiger partial charge on any atom is -0.488 e. The highest BCUT2D eigenvalue weighted by Gasteiger charge is 2.21. The fraction of sp³-hybridized carbons (Fsp3) is 0.483. The van der Waals surface area contributed by atoms with Gasteiger partial charge in [-0.2, -0.15) is 0 Å². The molecule has 0 unspecified atom stereocenters. The highest BCUT2D eigenvalue weighted by atomic mass is 35.5. The summed E-state index contributed by atoms with van der Waals surface area (Å²) in [6.07, 6.45) is 7.54. The van der Waals surface area contributed by atoms with E-state index in [9.17, 15) is 4.79 Å². The van der Waals surface area contributed by atoms with Crippen LogP contribution in [0.15, 0.2) is 42.5 Å². The molecule has 0 radical (unpaired) electrons. The van der Waals surface area contributed by atoms with Gasteiger partial charge in [-0.25, -0.2) is 0 Å². The number of aryl methyl sites for hydroxylation is 1. The third kappa shape index (κ3) is 9.77. The van der Waals surface area contributed by atoms with Gasteiger partial charge in [0.2, 0.25) is 5.91 Å². The zero-order valence-electron chi connectivity index (χ0n) is 21.8. The van der Waals surface area contributed by atoms with E-state index < -0.39 is 0 Å². The molecule has 0 saturated heterocycles. The molecule has 1 N–H and O–H groups in total. The molecule has 6 heteroatoms. The van der Waals surface area contributed by atoms with Crippen molar-refractivity contribution in [3.05, 3.63) is 63.6 Å². The number of carbonyl (C=O) groups is 1. The van der Waals surface area contributed by atoms with E-state index in [4.69, 9.17) is 32.7 Å². The van der Waals surface area contributed by atoms with Crippen molar-refractivity contribution < 1.29 is 14.3 Å². The number of carbonyl (C=O) groups excluding carboxylic acids is 1.